The van der Waals surface area contributed by atoms with E-state index in [0.717, 1.165) is 5.69 Å². The van der Waals surface area contributed by atoms with E-state index in [2.05, 4.69) is 4.98 Å². The highest BCUT2D eigenvalue weighted by Crippen LogP contribution is 1.93. The molecule has 0 aliphatic carbocycles. The minimum Gasteiger partial charge on any atom is -0.393 e. The summed E-state index contributed by atoms with van der Waals surface area (Å²) in [4.78, 5) is 15.0. The van der Waals surface area contributed by atoms with E-state index in [4.69, 9.17) is 5.11 Å². The van der Waals surface area contributed by atoms with Crippen molar-refractivity contribution in [2.24, 2.45) is 0 Å². The van der Waals surface area contributed by atoms with E-state index in [9.17, 15) is 4.79 Å². The Hall–Kier alpha value is -1.16. The molecule has 1 rings (SSSR count). The van der Waals surface area contributed by atoms with E-state index in [1.807, 2.05) is 0 Å². The molecule has 0 amide bonds. The van der Waals surface area contributed by atoms with Crippen LogP contribution >= 0.6 is 0 Å². The highest BCUT2D eigenvalue weighted by Gasteiger charge is 1.99. The Kier molecular flexibility index (Phi) is 3.19. The summed E-state index contributed by atoms with van der Waals surface area (Å²) >= 11 is 0. The summed E-state index contributed by atoms with van der Waals surface area (Å²) in [5, 5.41) is 9.02. The van der Waals surface area contributed by atoms with Crippen molar-refractivity contribution in [1.82, 2.24) is 9.55 Å². The molecule has 1 heterocycles. The molecule has 0 radical (unpaired) electrons. The fraction of sp³-hybridized carbons (Fsp3) is 0.556. The zero-order valence-electron chi connectivity index (χ0n) is 7.90. The lowest BCUT2D eigenvalue weighted by Crippen LogP contribution is -2.24. The highest BCUT2D eigenvalue weighted by atomic mass is 16.3. The third-order valence-electron chi connectivity index (χ3n) is 1.80. The predicted octanol–water partition coefficient (Wildman–Crippen LogP) is 0.323. The van der Waals surface area contributed by atoms with Crippen molar-refractivity contribution in [1.29, 1.82) is 0 Å². The van der Waals surface area contributed by atoms with E-state index in [1.165, 1.54) is 4.57 Å². The van der Waals surface area contributed by atoms with Crippen LogP contribution in [0.2, 0.25) is 0 Å². The van der Waals surface area contributed by atoms with E-state index in [0.29, 0.717) is 13.0 Å². The Morgan fingerprint density at radius 1 is 1.69 bits per heavy atom. The van der Waals surface area contributed by atoms with Gasteiger partial charge >= 0.3 is 5.69 Å². The zero-order chi connectivity index (χ0) is 9.84. The van der Waals surface area contributed by atoms with Gasteiger partial charge < -0.3 is 5.11 Å². The van der Waals surface area contributed by atoms with Crippen LogP contribution in [0.5, 0.6) is 0 Å². The third kappa shape index (κ3) is 2.99. The van der Waals surface area contributed by atoms with Crippen LogP contribution in [-0.2, 0) is 6.54 Å². The Labute approximate surface area is 76.9 Å². The molecular formula is C9H14N2O2. The molecule has 1 unspecified atom stereocenters. The van der Waals surface area contributed by atoms with E-state index >= 15 is 0 Å². The number of aliphatic hydroxyl groups excluding tert-OH is 1. The monoisotopic (exact) mass is 182 g/mol. The maximum absolute atomic E-state index is 11.2. The summed E-state index contributed by atoms with van der Waals surface area (Å²) in [6.07, 6.45) is 1.89. The first-order valence-electron chi connectivity index (χ1n) is 4.32. The minimum atomic E-state index is -0.381. The number of nitrogens with zero attached hydrogens (tertiary/aromatic N) is 2. The standard InChI is InChI=1S/C9H14N2O2/c1-7-3-5-11(9(13)10-7)6-4-8(2)12/h3,5,8,12H,4,6H2,1-2H3. The average molecular weight is 182 g/mol. The van der Waals surface area contributed by atoms with Gasteiger partial charge in [0, 0.05) is 18.4 Å². The van der Waals surface area contributed by atoms with E-state index < -0.39 is 0 Å². The normalized spacial score (nSPS) is 12.8. The molecule has 0 saturated carbocycles. The molecule has 1 atom stereocenters. The van der Waals surface area contributed by atoms with Crippen molar-refractivity contribution in [2.45, 2.75) is 32.9 Å². The number of hydrogen-bond donors (Lipinski definition) is 1. The van der Waals surface area contributed by atoms with Crippen molar-refractivity contribution >= 4 is 0 Å². The van der Waals surface area contributed by atoms with Crippen molar-refractivity contribution in [2.75, 3.05) is 0 Å². The molecule has 0 fully saturated rings. The molecule has 72 valence electrons. The lowest BCUT2D eigenvalue weighted by Gasteiger charge is -2.06. The topological polar surface area (TPSA) is 55.1 Å². The van der Waals surface area contributed by atoms with Gasteiger partial charge in [-0.25, -0.2) is 4.79 Å². The molecule has 1 aromatic rings. The average Bonchev–Trinajstić information content (AvgIpc) is 2.02. The Balaban J connectivity index is 2.73. The van der Waals surface area contributed by atoms with Gasteiger partial charge in [-0.05, 0) is 26.3 Å². The predicted molar refractivity (Wildman–Crippen MR) is 49.5 cm³/mol. The number of rotatable bonds is 3. The smallest absolute Gasteiger partial charge is 0.347 e. The number of hydrogen-bond acceptors (Lipinski definition) is 3. The van der Waals surface area contributed by atoms with Gasteiger partial charge in [-0.2, -0.15) is 4.98 Å². The van der Waals surface area contributed by atoms with Gasteiger partial charge in [0.25, 0.3) is 0 Å². The molecule has 4 nitrogen and oxygen atoms in total. The first-order chi connectivity index (χ1) is 6.09. The maximum atomic E-state index is 11.2. The molecule has 0 aliphatic rings. The van der Waals surface area contributed by atoms with Crippen molar-refractivity contribution in [3.8, 4) is 0 Å². The van der Waals surface area contributed by atoms with Crippen LogP contribution in [0.3, 0.4) is 0 Å². The molecule has 13 heavy (non-hydrogen) atoms. The van der Waals surface area contributed by atoms with Crippen molar-refractivity contribution in [3.63, 3.8) is 0 Å². The lowest BCUT2D eigenvalue weighted by molar-refractivity contribution is 0.177. The number of aryl methyl sites for hydroxylation is 2. The first kappa shape index (κ1) is 9.92. The summed E-state index contributed by atoms with van der Waals surface area (Å²) in [7, 11) is 0. The number of aliphatic hydroxyl groups is 1. The number of aromatic nitrogens is 2. The second-order valence-corrected chi connectivity index (χ2v) is 3.18. The van der Waals surface area contributed by atoms with Gasteiger partial charge in [-0.1, -0.05) is 0 Å². The van der Waals surface area contributed by atoms with Crippen LogP contribution in [-0.4, -0.2) is 20.8 Å². The Morgan fingerprint density at radius 3 is 2.92 bits per heavy atom. The molecule has 4 heteroatoms. The minimum absolute atomic E-state index is 0.249. The van der Waals surface area contributed by atoms with Crippen LogP contribution in [0.15, 0.2) is 17.1 Å². The van der Waals surface area contributed by atoms with Crippen molar-refractivity contribution in [3.05, 3.63) is 28.4 Å². The fourth-order valence-corrected chi connectivity index (χ4v) is 1.01. The Morgan fingerprint density at radius 2 is 2.38 bits per heavy atom. The van der Waals surface area contributed by atoms with Gasteiger partial charge in [0.2, 0.25) is 0 Å². The van der Waals surface area contributed by atoms with Gasteiger partial charge in [-0.15, -0.1) is 0 Å². The van der Waals surface area contributed by atoms with Gasteiger partial charge in [0.15, 0.2) is 0 Å². The van der Waals surface area contributed by atoms with Crippen LogP contribution in [0, 0.1) is 6.92 Å². The SMILES string of the molecule is Cc1ccn(CCC(C)O)c(=O)n1. The van der Waals surface area contributed by atoms with Crippen molar-refractivity contribution < 1.29 is 5.11 Å². The van der Waals surface area contributed by atoms with Crippen LogP contribution < -0.4 is 5.69 Å². The summed E-state index contributed by atoms with van der Waals surface area (Å²) < 4.78 is 1.50. The first-order valence-corrected chi connectivity index (χ1v) is 4.32. The second kappa shape index (κ2) is 4.18. The summed E-state index contributed by atoms with van der Waals surface area (Å²) in [5.74, 6) is 0. The molecule has 0 aliphatic heterocycles. The molecule has 1 aromatic heterocycles. The van der Waals surface area contributed by atoms with Gasteiger partial charge in [-0.3, -0.25) is 4.57 Å². The maximum Gasteiger partial charge on any atom is 0.347 e. The van der Waals surface area contributed by atoms with Gasteiger partial charge in [0.05, 0.1) is 6.10 Å². The van der Waals surface area contributed by atoms with E-state index in [1.54, 1.807) is 26.1 Å². The molecular weight excluding hydrogens is 168 g/mol. The quantitative estimate of drug-likeness (QED) is 0.732. The lowest BCUT2D eigenvalue weighted by atomic mass is 10.3. The fourth-order valence-electron chi connectivity index (χ4n) is 1.01. The van der Waals surface area contributed by atoms with Crippen LogP contribution in [0.1, 0.15) is 19.0 Å². The third-order valence-corrected chi connectivity index (χ3v) is 1.80. The zero-order valence-corrected chi connectivity index (χ0v) is 7.90. The second-order valence-electron chi connectivity index (χ2n) is 3.18. The molecule has 1 N–H and O–H groups in total. The summed E-state index contributed by atoms with van der Waals surface area (Å²) in [6.45, 7) is 4.00. The largest absolute Gasteiger partial charge is 0.393 e. The van der Waals surface area contributed by atoms with Gasteiger partial charge in [0.1, 0.15) is 0 Å². The summed E-state index contributed by atoms with van der Waals surface area (Å²) in [5.41, 5.74) is 0.471. The Bertz CT molecular complexity index is 331. The van der Waals surface area contributed by atoms with Crippen LogP contribution in [0.4, 0.5) is 0 Å². The van der Waals surface area contributed by atoms with Crippen LogP contribution in [0.25, 0.3) is 0 Å². The molecule has 0 aromatic carbocycles. The molecule has 0 bridgehead atoms. The molecule has 0 spiro atoms. The highest BCUT2D eigenvalue weighted by molar-refractivity contribution is 4.95. The summed E-state index contributed by atoms with van der Waals surface area (Å²) in [6, 6.07) is 1.78. The molecule has 0 saturated heterocycles. The van der Waals surface area contributed by atoms with E-state index in [-0.39, 0.29) is 11.8 Å².